The maximum absolute atomic E-state index is 13.3. The number of halogens is 2. The minimum Gasteiger partial charge on any atom is -0.489 e. The van der Waals surface area contributed by atoms with Crippen molar-refractivity contribution >= 4 is 23.5 Å². The van der Waals surface area contributed by atoms with Gasteiger partial charge in [-0.05, 0) is 66.4 Å². The number of benzene rings is 3. The SMILES string of the molecule is O=C(O)[C@@H]1CC[C@H](c2ccccc2Cl)N1C(=O)c1ccc(COc2ccc(F)cc2)cc1. The first-order valence-corrected chi connectivity index (χ1v) is 10.6. The third-order valence-electron chi connectivity index (χ3n) is 5.59. The molecule has 2 atom stereocenters. The number of hydrogen-bond donors (Lipinski definition) is 1. The van der Waals surface area contributed by atoms with Gasteiger partial charge in [-0.1, -0.05) is 41.9 Å². The van der Waals surface area contributed by atoms with E-state index in [0.29, 0.717) is 29.2 Å². The van der Waals surface area contributed by atoms with Gasteiger partial charge >= 0.3 is 5.97 Å². The predicted octanol–water partition coefficient (Wildman–Crippen LogP) is 5.49. The molecule has 32 heavy (non-hydrogen) atoms. The largest absolute Gasteiger partial charge is 0.489 e. The van der Waals surface area contributed by atoms with Crippen molar-refractivity contribution < 1.29 is 23.8 Å². The minimum atomic E-state index is -1.03. The summed E-state index contributed by atoms with van der Waals surface area (Å²) < 4.78 is 18.6. The van der Waals surface area contributed by atoms with Crippen LogP contribution in [0.25, 0.3) is 0 Å². The van der Waals surface area contributed by atoms with Crippen molar-refractivity contribution in [3.05, 3.63) is 100 Å². The van der Waals surface area contributed by atoms with E-state index in [0.717, 1.165) is 11.1 Å². The molecular weight excluding hydrogens is 433 g/mol. The highest BCUT2D eigenvalue weighted by atomic mass is 35.5. The molecule has 5 nitrogen and oxygen atoms in total. The lowest BCUT2D eigenvalue weighted by molar-refractivity contribution is -0.141. The molecule has 1 aliphatic rings. The maximum Gasteiger partial charge on any atom is 0.326 e. The van der Waals surface area contributed by atoms with Crippen LogP contribution in [0.1, 0.15) is 40.4 Å². The van der Waals surface area contributed by atoms with Crippen molar-refractivity contribution in [3.8, 4) is 5.75 Å². The van der Waals surface area contributed by atoms with Crippen LogP contribution in [0.4, 0.5) is 4.39 Å². The number of carbonyl (C=O) groups excluding carboxylic acids is 1. The van der Waals surface area contributed by atoms with E-state index in [2.05, 4.69) is 0 Å². The fourth-order valence-electron chi connectivity index (χ4n) is 3.98. The molecule has 0 aromatic heterocycles. The maximum atomic E-state index is 13.3. The highest BCUT2D eigenvalue weighted by molar-refractivity contribution is 6.31. The molecule has 4 rings (SSSR count). The normalized spacial score (nSPS) is 17.9. The van der Waals surface area contributed by atoms with E-state index in [-0.39, 0.29) is 18.3 Å². The number of nitrogens with zero attached hydrogens (tertiary/aromatic N) is 1. The molecule has 0 aliphatic carbocycles. The Bertz CT molecular complexity index is 1120. The van der Waals surface area contributed by atoms with Crippen LogP contribution >= 0.6 is 11.6 Å². The van der Waals surface area contributed by atoms with Gasteiger partial charge in [-0.25, -0.2) is 9.18 Å². The third-order valence-corrected chi connectivity index (χ3v) is 5.93. The molecule has 164 valence electrons. The summed E-state index contributed by atoms with van der Waals surface area (Å²) in [6.45, 7) is 0.254. The predicted molar refractivity (Wildman–Crippen MR) is 118 cm³/mol. The molecule has 0 spiro atoms. The molecule has 1 heterocycles. The van der Waals surface area contributed by atoms with E-state index >= 15 is 0 Å². The number of likely N-dealkylation sites (tertiary alicyclic amines) is 1. The smallest absolute Gasteiger partial charge is 0.326 e. The summed E-state index contributed by atoms with van der Waals surface area (Å²) in [6.07, 6.45) is 0.886. The van der Waals surface area contributed by atoms with Crippen LogP contribution in [0.2, 0.25) is 5.02 Å². The summed E-state index contributed by atoms with van der Waals surface area (Å²) in [5.74, 6) is -1.18. The molecule has 1 N–H and O–H groups in total. The fraction of sp³-hybridized carbons (Fsp3) is 0.200. The second-order valence-corrected chi connectivity index (χ2v) is 8.03. The minimum absolute atomic E-state index is 0.254. The van der Waals surface area contributed by atoms with Crippen molar-refractivity contribution in [2.75, 3.05) is 0 Å². The number of amides is 1. The zero-order valence-corrected chi connectivity index (χ0v) is 17.8. The third kappa shape index (κ3) is 4.60. The molecule has 1 aliphatic heterocycles. The number of carboxylic acid groups (broad SMARTS) is 1. The molecule has 0 unspecified atom stereocenters. The van der Waals surface area contributed by atoms with Crippen LogP contribution in [0.5, 0.6) is 5.75 Å². The molecule has 1 amide bonds. The summed E-state index contributed by atoms with van der Waals surface area (Å²) in [6, 6.07) is 18.4. The number of carbonyl (C=O) groups is 2. The Morgan fingerprint density at radius 1 is 1.00 bits per heavy atom. The highest BCUT2D eigenvalue weighted by Crippen LogP contribution is 2.40. The van der Waals surface area contributed by atoms with Crippen LogP contribution in [0.3, 0.4) is 0 Å². The van der Waals surface area contributed by atoms with Gasteiger partial charge in [0.25, 0.3) is 5.91 Å². The standard InChI is InChI=1S/C25H21ClFNO4/c26-21-4-2-1-3-20(21)22-13-14-23(25(30)31)28(22)24(29)17-7-5-16(6-8-17)15-32-19-11-9-18(27)10-12-19/h1-12,22-23H,13-15H2,(H,30,31)/t22-,23+/m1/s1. The van der Waals surface area contributed by atoms with Crippen LogP contribution in [-0.4, -0.2) is 27.9 Å². The van der Waals surface area contributed by atoms with Crippen molar-refractivity contribution in [3.63, 3.8) is 0 Å². The molecule has 3 aromatic rings. The van der Waals surface area contributed by atoms with Gasteiger partial charge in [0.15, 0.2) is 0 Å². The first kappa shape index (κ1) is 21.8. The summed E-state index contributed by atoms with van der Waals surface area (Å²) >= 11 is 6.34. The fourth-order valence-corrected chi connectivity index (χ4v) is 4.24. The number of carboxylic acids is 1. The zero-order chi connectivity index (χ0) is 22.7. The topological polar surface area (TPSA) is 66.8 Å². The number of ether oxygens (including phenoxy) is 1. The van der Waals surface area contributed by atoms with Crippen LogP contribution in [0, 0.1) is 5.82 Å². The second kappa shape index (κ2) is 9.40. The Balaban J connectivity index is 1.52. The van der Waals surface area contributed by atoms with E-state index < -0.39 is 18.1 Å². The van der Waals surface area contributed by atoms with Gasteiger partial charge in [0.05, 0.1) is 6.04 Å². The molecule has 0 bridgehead atoms. The van der Waals surface area contributed by atoms with Crippen molar-refractivity contribution in [2.24, 2.45) is 0 Å². The Morgan fingerprint density at radius 3 is 2.34 bits per heavy atom. The number of hydrogen-bond acceptors (Lipinski definition) is 3. The van der Waals surface area contributed by atoms with Crippen LogP contribution in [0.15, 0.2) is 72.8 Å². The lowest BCUT2D eigenvalue weighted by atomic mass is 10.0. The van der Waals surface area contributed by atoms with Crippen LogP contribution in [-0.2, 0) is 11.4 Å². The van der Waals surface area contributed by atoms with Gasteiger partial charge in [0.1, 0.15) is 24.2 Å². The number of rotatable bonds is 6. The molecule has 1 saturated heterocycles. The summed E-state index contributed by atoms with van der Waals surface area (Å²) in [5.41, 5.74) is 1.96. The molecular formula is C25H21ClFNO4. The Hall–Kier alpha value is -3.38. The molecule has 0 saturated carbocycles. The van der Waals surface area contributed by atoms with Gasteiger partial charge in [0.2, 0.25) is 0 Å². The Kier molecular flexibility index (Phi) is 6.42. The Labute approximate surface area is 190 Å². The average molecular weight is 454 g/mol. The molecule has 7 heteroatoms. The highest BCUT2D eigenvalue weighted by Gasteiger charge is 2.42. The van der Waals surface area contributed by atoms with E-state index in [1.807, 2.05) is 12.1 Å². The summed E-state index contributed by atoms with van der Waals surface area (Å²) in [4.78, 5) is 26.6. The average Bonchev–Trinajstić information content (AvgIpc) is 3.24. The zero-order valence-electron chi connectivity index (χ0n) is 17.1. The molecule has 3 aromatic carbocycles. The van der Waals surface area contributed by atoms with Gasteiger partial charge in [-0.3, -0.25) is 4.79 Å². The van der Waals surface area contributed by atoms with Gasteiger partial charge < -0.3 is 14.7 Å². The molecule has 1 fully saturated rings. The van der Waals surface area contributed by atoms with E-state index in [1.54, 1.807) is 48.5 Å². The lowest BCUT2D eigenvalue weighted by Crippen LogP contribution is -2.41. The Morgan fingerprint density at radius 2 is 1.69 bits per heavy atom. The van der Waals surface area contributed by atoms with Crippen molar-refractivity contribution in [2.45, 2.75) is 31.5 Å². The van der Waals surface area contributed by atoms with E-state index in [1.165, 1.54) is 17.0 Å². The number of aliphatic carboxylic acids is 1. The first-order valence-electron chi connectivity index (χ1n) is 10.2. The van der Waals surface area contributed by atoms with Gasteiger partial charge in [-0.15, -0.1) is 0 Å². The van der Waals surface area contributed by atoms with Gasteiger partial charge in [0, 0.05) is 10.6 Å². The van der Waals surface area contributed by atoms with Gasteiger partial charge in [-0.2, -0.15) is 0 Å². The van der Waals surface area contributed by atoms with E-state index in [9.17, 15) is 19.1 Å². The van der Waals surface area contributed by atoms with Crippen molar-refractivity contribution in [1.82, 2.24) is 4.90 Å². The molecule has 0 radical (unpaired) electrons. The first-order chi connectivity index (χ1) is 15.4. The summed E-state index contributed by atoms with van der Waals surface area (Å²) in [5, 5.41) is 10.2. The lowest BCUT2D eigenvalue weighted by Gasteiger charge is -2.29. The quantitative estimate of drug-likeness (QED) is 0.536. The van der Waals surface area contributed by atoms with E-state index in [4.69, 9.17) is 16.3 Å². The monoisotopic (exact) mass is 453 g/mol. The van der Waals surface area contributed by atoms with Crippen molar-refractivity contribution in [1.29, 1.82) is 0 Å². The second-order valence-electron chi connectivity index (χ2n) is 7.62. The summed E-state index contributed by atoms with van der Waals surface area (Å²) in [7, 11) is 0. The van der Waals surface area contributed by atoms with Crippen LogP contribution < -0.4 is 4.74 Å².